The molecule has 0 atom stereocenters. The lowest BCUT2D eigenvalue weighted by Gasteiger charge is -2.37. The number of piperazine rings is 1. The fourth-order valence-corrected chi connectivity index (χ4v) is 3.66. The summed E-state index contributed by atoms with van der Waals surface area (Å²) in [7, 11) is 0. The highest BCUT2D eigenvalue weighted by Crippen LogP contribution is 2.28. The van der Waals surface area contributed by atoms with E-state index in [0.29, 0.717) is 0 Å². The first-order valence-corrected chi connectivity index (χ1v) is 8.97. The smallest absolute Gasteiger partial charge is 0.140 e. The van der Waals surface area contributed by atoms with Crippen molar-refractivity contribution in [1.82, 2.24) is 9.97 Å². The summed E-state index contributed by atoms with van der Waals surface area (Å²) >= 11 is 6.18. The van der Waals surface area contributed by atoms with Crippen molar-refractivity contribution in [2.75, 3.05) is 36.0 Å². The van der Waals surface area contributed by atoms with Crippen molar-refractivity contribution >= 4 is 34.0 Å². The number of rotatable bonds is 2. The lowest BCUT2D eigenvalue weighted by molar-refractivity contribution is 0.647. The van der Waals surface area contributed by atoms with E-state index in [0.717, 1.165) is 47.9 Å². The number of fused-ring (bicyclic) bond motifs is 1. The van der Waals surface area contributed by atoms with Gasteiger partial charge in [0.2, 0.25) is 0 Å². The molecule has 1 saturated heterocycles. The Hall–Kier alpha value is -2.33. The molecule has 2 heterocycles. The van der Waals surface area contributed by atoms with E-state index in [1.807, 2.05) is 18.2 Å². The second-order valence-electron chi connectivity index (χ2n) is 6.62. The monoisotopic (exact) mass is 352 g/mol. The normalized spacial score (nSPS) is 15.0. The van der Waals surface area contributed by atoms with Crippen LogP contribution in [-0.4, -0.2) is 36.1 Å². The van der Waals surface area contributed by atoms with Gasteiger partial charge < -0.3 is 9.80 Å². The first-order valence-electron chi connectivity index (χ1n) is 8.59. The minimum atomic E-state index is 0.720. The summed E-state index contributed by atoms with van der Waals surface area (Å²) < 4.78 is 0. The maximum Gasteiger partial charge on any atom is 0.140 e. The van der Waals surface area contributed by atoms with Gasteiger partial charge in [-0.1, -0.05) is 23.7 Å². The number of anilines is 2. The minimum Gasteiger partial charge on any atom is -0.368 e. The third-order valence-electron chi connectivity index (χ3n) is 4.86. The zero-order valence-electron chi connectivity index (χ0n) is 14.5. The molecule has 2 aromatic carbocycles. The molecule has 4 nitrogen and oxygen atoms in total. The van der Waals surface area contributed by atoms with E-state index in [4.69, 9.17) is 11.6 Å². The zero-order chi connectivity index (χ0) is 17.4. The van der Waals surface area contributed by atoms with Crippen LogP contribution in [0.15, 0.2) is 42.7 Å². The van der Waals surface area contributed by atoms with Crippen LogP contribution in [0.4, 0.5) is 11.5 Å². The summed E-state index contributed by atoms with van der Waals surface area (Å²) in [6, 6.07) is 12.4. The Balaban J connectivity index is 1.58. The number of benzene rings is 2. The number of hydrogen-bond donors (Lipinski definition) is 0. The van der Waals surface area contributed by atoms with E-state index >= 15 is 0 Å². The highest BCUT2D eigenvalue weighted by Gasteiger charge is 2.21. The summed E-state index contributed by atoms with van der Waals surface area (Å²) in [5, 5.41) is 1.74. The number of nitrogens with zero attached hydrogens (tertiary/aromatic N) is 4. The topological polar surface area (TPSA) is 32.3 Å². The van der Waals surface area contributed by atoms with Gasteiger partial charge in [-0.25, -0.2) is 9.97 Å². The number of halogens is 1. The molecule has 0 radical (unpaired) electrons. The fourth-order valence-electron chi connectivity index (χ4n) is 3.49. The Morgan fingerprint density at radius 1 is 0.880 bits per heavy atom. The molecule has 1 aliphatic rings. The SMILES string of the molecule is Cc1ccc(C)c(N2CCN(c3ncnc4ccc(Cl)cc34)CC2)c1. The molecule has 1 aromatic heterocycles. The van der Waals surface area contributed by atoms with Crippen LogP contribution in [0.1, 0.15) is 11.1 Å². The molecule has 0 N–H and O–H groups in total. The molecule has 3 aromatic rings. The lowest BCUT2D eigenvalue weighted by atomic mass is 10.1. The van der Waals surface area contributed by atoms with Crippen LogP contribution in [0.25, 0.3) is 10.9 Å². The summed E-state index contributed by atoms with van der Waals surface area (Å²) in [6.45, 7) is 8.17. The molecule has 0 amide bonds. The molecular weight excluding hydrogens is 332 g/mol. The fraction of sp³-hybridized carbons (Fsp3) is 0.300. The highest BCUT2D eigenvalue weighted by molar-refractivity contribution is 6.31. The van der Waals surface area contributed by atoms with Crippen LogP contribution < -0.4 is 9.80 Å². The van der Waals surface area contributed by atoms with Gasteiger partial charge in [0.05, 0.1) is 5.52 Å². The number of hydrogen-bond acceptors (Lipinski definition) is 4. The van der Waals surface area contributed by atoms with Crippen molar-refractivity contribution in [2.24, 2.45) is 0 Å². The van der Waals surface area contributed by atoms with Gasteiger partial charge in [-0.2, -0.15) is 0 Å². The van der Waals surface area contributed by atoms with Gasteiger partial charge in [0, 0.05) is 42.3 Å². The maximum absolute atomic E-state index is 6.18. The minimum absolute atomic E-state index is 0.720. The predicted octanol–water partition coefficient (Wildman–Crippen LogP) is 4.23. The molecule has 1 aliphatic heterocycles. The van der Waals surface area contributed by atoms with Gasteiger partial charge in [0.1, 0.15) is 12.1 Å². The molecule has 5 heteroatoms. The predicted molar refractivity (Wildman–Crippen MR) is 105 cm³/mol. The van der Waals surface area contributed by atoms with Crippen molar-refractivity contribution in [3.63, 3.8) is 0 Å². The van der Waals surface area contributed by atoms with Crippen LogP contribution >= 0.6 is 11.6 Å². The van der Waals surface area contributed by atoms with Gasteiger partial charge in [-0.15, -0.1) is 0 Å². The molecule has 0 saturated carbocycles. The Morgan fingerprint density at radius 3 is 2.44 bits per heavy atom. The van der Waals surface area contributed by atoms with E-state index < -0.39 is 0 Å². The Labute approximate surface area is 153 Å². The van der Waals surface area contributed by atoms with Crippen molar-refractivity contribution in [1.29, 1.82) is 0 Å². The molecule has 0 bridgehead atoms. The molecule has 25 heavy (non-hydrogen) atoms. The van der Waals surface area contributed by atoms with Gasteiger partial charge in [-0.3, -0.25) is 0 Å². The molecule has 1 fully saturated rings. The summed E-state index contributed by atoms with van der Waals surface area (Å²) in [4.78, 5) is 13.7. The molecule has 0 unspecified atom stereocenters. The largest absolute Gasteiger partial charge is 0.368 e. The molecule has 128 valence electrons. The van der Waals surface area contributed by atoms with Gasteiger partial charge in [0.25, 0.3) is 0 Å². The van der Waals surface area contributed by atoms with E-state index in [2.05, 4.69) is 51.8 Å². The van der Waals surface area contributed by atoms with Crippen LogP contribution in [0.5, 0.6) is 0 Å². The summed E-state index contributed by atoms with van der Waals surface area (Å²) in [5.74, 6) is 0.980. The van der Waals surface area contributed by atoms with Crippen LogP contribution in [0, 0.1) is 13.8 Å². The van der Waals surface area contributed by atoms with Gasteiger partial charge in [0.15, 0.2) is 0 Å². The highest BCUT2D eigenvalue weighted by atomic mass is 35.5. The summed E-state index contributed by atoms with van der Waals surface area (Å²) in [6.07, 6.45) is 1.64. The van der Waals surface area contributed by atoms with E-state index in [-0.39, 0.29) is 0 Å². The van der Waals surface area contributed by atoms with E-state index in [9.17, 15) is 0 Å². The Morgan fingerprint density at radius 2 is 1.64 bits per heavy atom. The Kier molecular flexibility index (Phi) is 4.22. The molecule has 4 rings (SSSR count). The molecular formula is C20H21ClN4. The van der Waals surface area contributed by atoms with Gasteiger partial charge >= 0.3 is 0 Å². The van der Waals surface area contributed by atoms with Crippen LogP contribution in [0.3, 0.4) is 0 Å². The third-order valence-corrected chi connectivity index (χ3v) is 5.10. The van der Waals surface area contributed by atoms with Crippen molar-refractivity contribution in [3.05, 3.63) is 58.9 Å². The average Bonchev–Trinajstić information content (AvgIpc) is 2.63. The maximum atomic E-state index is 6.18. The standard InChI is InChI=1S/C20H21ClN4/c1-14-3-4-15(2)19(11-14)24-7-9-25(10-8-24)20-17-12-16(21)5-6-18(17)22-13-23-20/h3-6,11-13H,7-10H2,1-2H3. The quantitative estimate of drug-likeness (QED) is 0.691. The van der Waals surface area contributed by atoms with Crippen LogP contribution in [-0.2, 0) is 0 Å². The van der Waals surface area contributed by atoms with Crippen molar-refractivity contribution in [2.45, 2.75) is 13.8 Å². The molecule has 0 spiro atoms. The van der Waals surface area contributed by atoms with E-state index in [1.165, 1.54) is 16.8 Å². The number of aromatic nitrogens is 2. The van der Waals surface area contributed by atoms with E-state index in [1.54, 1.807) is 6.33 Å². The second-order valence-corrected chi connectivity index (χ2v) is 7.06. The van der Waals surface area contributed by atoms with Gasteiger partial charge in [-0.05, 0) is 49.2 Å². The number of aryl methyl sites for hydroxylation is 2. The molecule has 0 aliphatic carbocycles. The average molecular weight is 353 g/mol. The van der Waals surface area contributed by atoms with Crippen LogP contribution in [0.2, 0.25) is 5.02 Å². The Bertz CT molecular complexity index is 917. The van der Waals surface area contributed by atoms with Crippen molar-refractivity contribution < 1.29 is 0 Å². The first kappa shape index (κ1) is 16.2. The lowest BCUT2D eigenvalue weighted by Crippen LogP contribution is -2.47. The first-order chi connectivity index (χ1) is 12.1. The third kappa shape index (κ3) is 3.14. The zero-order valence-corrected chi connectivity index (χ0v) is 15.3. The van der Waals surface area contributed by atoms with Crippen molar-refractivity contribution in [3.8, 4) is 0 Å². The second kappa shape index (κ2) is 6.52. The summed E-state index contributed by atoms with van der Waals surface area (Å²) in [5.41, 5.74) is 4.92.